The molecule has 2 heterocycles. The quantitative estimate of drug-likeness (QED) is 0.462. The predicted molar refractivity (Wildman–Crippen MR) is 114 cm³/mol. The molecular weight excluding hydrogens is 324 g/mol. The van der Waals surface area contributed by atoms with Gasteiger partial charge in [-0.05, 0) is 42.2 Å². The molecule has 0 saturated heterocycles. The highest BCUT2D eigenvalue weighted by molar-refractivity contribution is 7.99. The first-order valence-electron chi connectivity index (χ1n) is 8.81. The standard InChI is InChI=1S/C8H10S.2C5H5N.2C2H6/c1-2-9-8-6-4-3-5-7-8;2*1-2-4-6-5-3-1;2*1-2/h3-7H,2H2,1H3;2*1-5H;2*1-2H3. The molecule has 0 radical (unpaired) electrons. The Balaban J connectivity index is 0. The molecule has 0 saturated carbocycles. The lowest BCUT2D eigenvalue weighted by Gasteiger charge is -1.93. The van der Waals surface area contributed by atoms with Gasteiger partial charge < -0.3 is 0 Å². The van der Waals surface area contributed by atoms with Crippen LogP contribution in [0.5, 0.6) is 0 Å². The minimum Gasteiger partial charge on any atom is -0.265 e. The lowest BCUT2D eigenvalue weighted by atomic mass is 10.4. The van der Waals surface area contributed by atoms with Gasteiger partial charge in [0.1, 0.15) is 0 Å². The third kappa shape index (κ3) is 19.8. The molecule has 0 aliphatic rings. The minimum atomic E-state index is 1.16. The van der Waals surface area contributed by atoms with E-state index in [1.165, 1.54) is 4.90 Å². The van der Waals surface area contributed by atoms with Gasteiger partial charge in [0.15, 0.2) is 0 Å². The van der Waals surface area contributed by atoms with Crippen LogP contribution in [0.2, 0.25) is 0 Å². The third-order valence-corrected chi connectivity index (χ3v) is 3.08. The molecule has 0 spiro atoms. The third-order valence-electron chi connectivity index (χ3n) is 2.19. The second-order valence-corrected chi connectivity index (χ2v) is 5.13. The van der Waals surface area contributed by atoms with E-state index in [1.54, 1.807) is 24.8 Å². The van der Waals surface area contributed by atoms with Gasteiger partial charge in [-0.2, -0.15) is 0 Å². The molecular formula is C22H32N2S. The molecule has 0 amide bonds. The van der Waals surface area contributed by atoms with Gasteiger partial charge in [0.25, 0.3) is 0 Å². The van der Waals surface area contributed by atoms with E-state index in [-0.39, 0.29) is 0 Å². The summed E-state index contributed by atoms with van der Waals surface area (Å²) in [6.45, 7) is 10.2. The van der Waals surface area contributed by atoms with E-state index in [1.807, 2.05) is 81.9 Å². The van der Waals surface area contributed by atoms with Gasteiger partial charge >= 0.3 is 0 Å². The van der Waals surface area contributed by atoms with Crippen molar-refractivity contribution >= 4 is 11.8 Å². The Labute approximate surface area is 158 Å². The van der Waals surface area contributed by atoms with E-state index < -0.39 is 0 Å². The lowest BCUT2D eigenvalue weighted by molar-refractivity contribution is 1.33. The summed E-state index contributed by atoms with van der Waals surface area (Å²) in [5.74, 6) is 1.16. The average molecular weight is 357 g/mol. The van der Waals surface area contributed by atoms with Crippen molar-refractivity contribution in [3.63, 3.8) is 0 Å². The monoisotopic (exact) mass is 356 g/mol. The second kappa shape index (κ2) is 24.1. The van der Waals surface area contributed by atoms with Crippen LogP contribution in [0.25, 0.3) is 0 Å². The lowest BCUT2D eigenvalue weighted by Crippen LogP contribution is -1.68. The zero-order valence-electron chi connectivity index (χ0n) is 16.2. The van der Waals surface area contributed by atoms with Crippen molar-refractivity contribution in [3.8, 4) is 0 Å². The molecule has 3 aromatic rings. The van der Waals surface area contributed by atoms with Crippen molar-refractivity contribution in [3.05, 3.63) is 91.5 Å². The first kappa shape index (κ1) is 25.1. The van der Waals surface area contributed by atoms with Gasteiger partial charge in [0.2, 0.25) is 0 Å². The molecule has 0 bridgehead atoms. The Hall–Kier alpha value is -2.13. The Bertz CT molecular complexity index is 446. The Morgan fingerprint density at radius 1 is 0.600 bits per heavy atom. The van der Waals surface area contributed by atoms with Crippen LogP contribution >= 0.6 is 11.8 Å². The average Bonchev–Trinajstić information content (AvgIpc) is 2.75. The van der Waals surface area contributed by atoms with Gasteiger partial charge in [-0.25, -0.2) is 0 Å². The molecule has 0 aliphatic heterocycles. The predicted octanol–water partition coefficient (Wildman–Crippen LogP) is 7.01. The van der Waals surface area contributed by atoms with Crippen molar-refractivity contribution in [1.29, 1.82) is 0 Å². The van der Waals surface area contributed by atoms with E-state index in [0.29, 0.717) is 0 Å². The Morgan fingerprint density at radius 3 is 1.20 bits per heavy atom. The molecule has 3 heteroatoms. The fraction of sp³-hybridized carbons (Fsp3) is 0.273. The topological polar surface area (TPSA) is 25.8 Å². The van der Waals surface area contributed by atoms with E-state index in [9.17, 15) is 0 Å². The number of rotatable bonds is 2. The summed E-state index contributed by atoms with van der Waals surface area (Å²) < 4.78 is 0. The number of nitrogens with zero attached hydrogens (tertiary/aromatic N) is 2. The first-order chi connectivity index (χ1) is 12.4. The number of aromatic nitrogens is 2. The highest BCUT2D eigenvalue weighted by Gasteiger charge is 1.84. The zero-order chi connectivity index (χ0) is 19.0. The number of hydrogen-bond acceptors (Lipinski definition) is 3. The molecule has 136 valence electrons. The van der Waals surface area contributed by atoms with E-state index in [0.717, 1.165) is 5.75 Å². The van der Waals surface area contributed by atoms with Gasteiger partial charge in [0, 0.05) is 29.7 Å². The number of pyridine rings is 2. The van der Waals surface area contributed by atoms with Crippen LogP contribution in [-0.4, -0.2) is 15.7 Å². The zero-order valence-corrected chi connectivity index (χ0v) is 17.0. The van der Waals surface area contributed by atoms with Crippen molar-refractivity contribution in [2.24, 2.45) is 0 Å². The summed E-state index contributed by atoms with van der Waals surface area (Å²) in [4.78, 5) is 8.93. The van der Waals surface area contributed by atoms with Crippen LogP contribution in [0, 0.1) is 0 Å². The second-order valence-electron chi connectivity index (χ2n) is 3.80. The fourth-order valence-electron chi connectivity index (χ4n) is 1.31. The summed E-state index contributed by atoms with van der Waals surface area (Å²) in [5.41, 5.74) is 0. The molecule has 0 fully saturated rings. The van der Waals surface area contributed by atoms with Gasteiger partial charge in [0.05, 0.1) is 0 Å². The summed E-state index contributed by atoms with van der Waals surface area (Å²) >= 11 is 1.88. The first-order valence-corrected chi connectivity index (χ1v) is 9.80. The maximum absolute atomic E-state index is 3.78. The smallest absolute Gasteiger partial charge is 0.0267 e. The molecule has 2 nitrogen and oxygen atoms in total. The minimum absolute atomic E-state index is 1.16. The van der Waals surface area contributed by atoms with Gasteiger partial charge in [-0.1, -0.05) is 65.0 Å². The molecule has 0 unspecified atom stereocenters. The molecule has 0 atom stereocenters. The van der Waals surface area contributed by atoms with Crippen molar-refractivity contribution < 1.29 is 0 Å². The van der Waals surface area contributed by atoms with Crippen molar-refractivity contribution in [1.82, 2.24) is 9.97 Å². The Kier molecular flexibility index (Phi) is 24.2. The highest BCUT2D eigenvalue weighted by atomic mass is 32.2. The van der Waals surface area contributed by atoms with Gasteiger partial charge in [-0.3, -0.25) is 9.97 Å². The largest absolute Gasteiger partial charge is 0.265 e. The van der Waals surface area contributed by atoms with Crippen LogP contribution in [0.1, 0.15) is 34.6 Å². The molecule has 0 N–H and O–H groups in total. The normalized spacial score (nSPS) is 7.72. The molecule has 3 rings (SSSR count). The number of hydrogen-bond donors (Lipinski definition) is 0. The Morgan fingerprint density at radius 2 is 0.960 bits per heavy atom. The fourth-order valence-corrected chi connectivity index (χ4v) is 1.99. The van der Waals surface area contributed by atoms with Crippen LogP contribution in [-0.2, 0) is 0 Å². The molecule has 0 aliphatic carbocycles. The van der Waals surface area contributed by atoms with Crippen LogP contribution in [0.15, 0.2) is 96.4 Å². The summed E-state index contributed by atoms with van der Waals surface area (Å²) in [6.07, 6.45) is 7.00. The van der Waals surface area contributed by atoms with Crippen molar-refractivity contribution in [2.45, 2.75) is 39.5 Å². The summed E-state index contributed by atoms with van der Waals surface area (Å²) in [7, 11) is 0. The van der Waals surface area contributed by atoms with Crippen molar-refractivity contribution in [2.75, 3.05) is 5.75 Å². The van der Waals surface area contributed by atoms with Crippen LogP contribution < -0.4 is 0 Å². The molecule has 1 aromatic carbocycles. The van der Waals surface area contributed by atoms with E-state index in [4.69, 9.17) is 0 Å². The summed E-state index contributed by atoms with van der Waals surface area (Å²) in [5, 5.41) is 0. The van der Waals surface area contributed by atoms with Gasteiger partial charge in [-0.15, -0.1) is 11.8 Å². The number of benzene rings is 1. The highest BCUT2D eigenvalue weighted by Crippen LogP contribution is 2.15. The molecule has 25 heavy (non-hydrogen) atoms. The van der Waals surface area contributed by atoms with Crippen LogP contribution in [0.3, 0.4) is 0 Å². The summed E-state index contributed by atoms with van der Waals surface area (Å²) in [6, 6.07) is 21.9. The number of thioether (sulfide) groups is 1. The molecule has 2 aromatic heterocycles. The maximum Gasteiger partial charge on any atom is 0.0267 e. The SMILES string of the molecule is CC.CC.CCSc1ccccc1.c1ccncc1.c1ccncc1. The van der Waals surface area contributed by atoms with Crippen LogP contribution in [0.4, 0.5) is 0 Å². The van der Waals surface area contributed by atoms with E-state index in [2.05, 4.69) is 41.2 Å². The van der Waals surface area contributed by atoms with E-state index >= 15 is 0 Å². The maximum atomic E-state index is 3.78.